The quantitative estimate of drug-likeness (QED) is 0.925. The highest BCUT2D eigenvalue weighted by molar-refractivity contribution is 7.10. The summed E-state index contributed by atoms with van der Waals surface area (Å²) < 4.78 is 5.62. The number of fused-ring (bicyclic) bond motifs is 1. The van der Waals surface area contributed by atoms with Crippen LogP contribution in [0.4, 0.5) is 4.79 Å². The summed E-state index contributed by atoms with van der Waals surface area (Å²) in [5.41, 5.74) is 1.29. The number of amides is 2. The molecule has 6 heteroatoms. The van der Waals surface area contributed by atoms with Gasteiger partial charge in [-0.25, -0.2) is 4.79 Å². The second kappa shape index (κ2) is 6.99. The lowest BCUT2D eigenvalue weighted by atomic mass is 10.1. The fourth-order valence-electron chi connectivity index (χ4n) is 3.66. The van der Waals surface area contributed by atoms with Gasteiger partial charge >= 0.3 is 6.03 Å². The van der Waals surface area contributed by atoms with E-state index in [9.17, 15) is 4.79 Å². The Morgan fingerprint density at radius 1 is 1.29 bits per heavy atom. The van der Waals surface area contributed by atoms with Gasteiger partial charge in [0.15, 0.2) is 0 Å². The van der Waals surface area contributed by atoms with E-state index >= 15 is 0 Å². The predicted molar refractivity (Wildman–Crippen MR) is 94.1 cm³/mol. The molecule has 24 heavy (non-hydrogen) atoms. The van der Waals surface area contributed by atoms with Gasteiger partial charge in [-0.3, -0.25) is 4.90 Å². The molecule has 0 unspecified atom stereocenters. The first-order valence-corrected chi connectivity index (χ1v) is 9.55. The molecule has 1 atom stereocenters. The highest BCUT2D eigenvalue weighted by Crippen LogP contribution is 2.26. The fourth-order valence-corrected chi connectivity index (χ4v) is 4.55. The molecule has 2 aromatic rings. The Morgan fingerprint density at radius 2 is 2.17 bits per heavy atom. The van der Waals surface area contributed by atoms with Gasteiger partial charge < -0.3 is 14.6 Å². The fraction of sp³-hybridized carbons (Fsp3) is 0.500. The van der Waals surface area contributed by atoms with E-state index in [0.717, 1.165) is 38.4 Å². The van der Waals surface area contributed by atoms with Crippen LogP contribution in [-0.4, -0.2) is 42.0 Å². The maximum absolute atomic E-state index is 12.6. The Hall–Kier alpha value is -1.79. The summed E-state index contributed by atoms with van der Waals surface area (Å²) in [7, 11) is 0. The minimum atomic E-state index is 0.0302. The Kier molecular flexibility index (Phi) is 4.58. The standard InChI is InChI=1S/C18H23N3O2S/c22-18(21-9-5-17-14(13-21)6-11-24-17)19-12-15(16-4-3-10-23-16)20-7-1-2-8-20/h3-4,6,10-11,15H,1-2,5,7-9,12-13H2,(H,19,22)/t15-/m1/s1. The lowest BCUT2D eigenvalue weighted by Crippen LogP contribution is -2.45. The van der Waals surface area contributed by atoms with Gasteiger partial charge in [-0.1, -0.05) is 0 Å². The second-order valence-corrected chi connectivity index (χ2v) is 7.50. The lowest BCUT2D eigenvalue weighted by Gasteiger charge is -2.30. The van der Waals surface area contributed by atoms with E-state index in [-0.39, 0.29) is 12.1 Å². The summed E-state index contributed by atoms with van der Waals surface area (Å²) in [6.07, 6.45) is 5.12. The van der Waals surface area contributed by atoms with Crippen LogP contribution in [0.25, 0.3) is 0 Å². The zero-order valence-corrected chi connectivity index (χ0v) is 14.6. The molecule has 2 aliphatic heterocycles. The van der Waals surface area contributed by atoms with Gasteiger partial charge in [0.2, 0.25) is 0 Å². The Labute approximate surface area is 146 Å². The van der Waals surface area contributed by atoms with Crippen molar-refractivity contribution in [3.05, 3.63) is 46.0 Å². The molecule has 0 bridgehead atoms. The van der Waals surface area contributed by atoms with Crippen molar-refractivity contribution < 1.29 is 9.21 Å². The van der Waals surface area contributed by atoms with E-state index in [1.54, 1.807) is 17.6 Å². The molecule has 2 amide bonds. The van der Waals surface area contributed by atoms with Crippen molar-refractivity contribution in [1.29, 1.82) is 0 Å². The van der Waals surface area contributed by atoms with Crippen molar-refractivity contribution in [2.75, 3.05) is 26.2 Å². The maximum Gasteiger partial charge on any atom is 0.317 e. The topological polar surface area (TPSA) is 48.7 Å². The minimum Gasteiger partial charge on any atom is -0.468 e. The van der Waals surface area contributed by atoms with E-state index in [0.29, 0.717) is 6.54 Å². The summed E-state index contributed by atoms with van der Waals surface area (Å²) in [4.78, 5) is 18.3. The first-order chi connectivity index (χ1) is 11.8. The number of nitrogens with one attached hydrogen (secondary N) is 1. The number of nitrogens with zero attached hydrogens (tertiary/aromatic N) is 2. The van der Waals surface area contributed by atoms with Crippen LogP contribution in [0.5, 0.6) is 0 Å². The SMILES string of the molecule is O=C(NC[C@H](c1ccco1)N1CCCC1)N1CCc2sccc2C1. The molecule has 2 aromatic heterocycles. The third-order valence-electron chi connectivity index (χ3n) is 4.99. The highest BCUT2D eigenvalue weighted by Gasteiger charge is 2.27. The third kappa shape index (κ3) is 3.21. The molecule has 0 spiro atoms. The summed E-state index contributed by atoms with van der Waals surface area (Å²) >= 11 is 1.80. The van der Waals surface area contributed by atoms with Crippen molar-refractivity contribution in [1.82, 2.24) is 15.1 Å². The summed E-state index contributed by atoms with van der Waals surface area (Å²) in [5, 5.41) is 5.25. The molecule has 4 heterocycles. The predicted octanol–water partition coefficient (Wildman–Crippen LogP) is 3.25. The van der Waals surface area contributed by atoms with Crippen molar-refractivity contribution in [2.24, 2.45) is 0 Å². The molecule has 0 radical (unpaired) electrons. The summed E-state index contributed by atoms with van der Waals surface area (Å²) in [5.74, 6) is 0.941. The molecule has 4 rings (SSSR count). The van der Waals surface area contributed by atoms with Crippen LogP contribution in [0, 0.1) is 0 Å². The lowest BCUT2D eigenvalue weighted by molar-refractivity contribution is 0.177. The molecule has 5 nitrogen and oxygen atoms in total. The molecule has 2 aliphatic rings. The van der Waals surface area contributed by atoms with Gasteiger partial charge in [0.1, 0.15) is 5.76 Å². The van der Waals surface area contributed by atoms with Crippen molar-refractivity contribution in [3.63, 3.8) is 0 Å². The number of thiophene rings is 1. The van der Waals surface area contributed by atoms with Crippen molar-refractivity contribution in [3.8, 4) is 0 Å². The number of urea groups is 1. The Bertz CT molecular complexity index is 676. The van der Waals surface area contributed by atoms with Crippen LogP contribution in [0.15, 0.2) is 34.3 Å². The minimum absolute atomic E-state index is 0.0302. The van der Waals surface area contributed by atoms with Crippen LogP contribution in [0.2, 0.25) is 0 Å². The smallest absolute Gasteiger partial charge is 0.317 e. The first-order valence-electron chi connectivity index (χ1n) is 8.67. The van der Waals surface area contributed by atoms with Crippen molar-refractivity contribution in [2.45, 2.75) is 31.8 Å². The van der Waals surface area contributed by atoms with E-state index in [2.05, 4.69) is 21.7 Å². The molecule has 1 N–H and O–H groups in total. The van der Waals surface area contributed by atoms with Crippen LogP contribution in [0.3, 0.4) is 0 Å². The van der Waals surface area contributed by atoms with Crippen LogP contribution < -0.4 is 5.32 Å². The third-order valence-corrected chi connectivity index (χ3v) is 6.02. The van der Waals surface area contributed by atoms with Crippen LogP contribution in [-0.2, 0) is 13.0 Å². The number of carbonyl (C=O) groups excluding carboxylic acids is 1. The van der Waals surface area contributed by atoms with Gasteiger partial charge in [0.05, 0.1) is 12.3 Å². The molecule has 1 saturated heterocycles. The van der Waals surface area contributed by atoms with Gasteiger partial charge in [0, 0.05) is 24.5 Å². The maximum atomic E-state index is 12.6. The average Bonchev–Trinajstić information content (AvgIpc) is 3.36. The molecular weight excluding hydrogens is 322 g/mol. The zero-order chi connectivity index (χ0) is 16.4. The van der Waals surface area contributed by atoms with Gasteiger partial charge in [0.25, 0.3) is 0 Å². The van der Waals surface area contributed by atoms with E-state index in [4.69, 9.17) is 4.42 Å². The monoisotopic (exact) mass is 345 g/mol. The molecule has 1 fully saturated rings. The van der Waals surface area contributed by atoms with Crippen molar-refractivity contribution >= 4 is 17.4 Å². The van der Waals surface area contributed by atoms with Crippen LogP contribution >= 0.6 is 11.3 Å². The molecule has 0 aliphatic carbocycles. The number of hydrogen-bond donors (Lipinski definition) is 1. The highest BCUT2D eigenvalue weighted by atomic mass is 32.1. The molecule has 128 valence electrons. The Morgan fingerprint density at radius 3 is 2.96 bits per heavy atom. The normalized spacial score (nSPS) is 19.2. The first kappa shape index (κ1) is 15.7. The molecular formula is C18H23N3O2S. The number of carbonyl (C=O) groups is 1. The zero-order valence-electron chi connectivity index (χ0n) is 13.7. The summed E-state index contributed by atoms with van der Waals surface area (Å²) in [6, 6.07) is 6.22. The average molecular weight is 345 g/mol. The number of hydrogen-bond acceptors (Lipinski definition) is 4. The van der Waals surface area contributed by atoms with Gasteiger partial charge in [-0.2, -0.15) is 0 Å². The largest absolute Gasteiger partial charge is 0.468 e. The summed E-state index contributed by atoms with van der Waals surface area (Å²) in [6.45, 7) is 4.26. The second-order valence-electron chi connectivity index (χ2n) is 6.50. The number of furan rings is 1. The molecule has 0 aromatic carbocycles. The number of likely N-dealkylation sites (tertiary alicyclic amines) is 1. The number of rotatable bonds is 4. The van der Waals surface area contributed by atoms with E-state index in [1.165, 1.54) is 23.3 Å². The Balaban J connectivity index is 1.38. The molecule has 0 saturated carbocycles. The van der Waals surface area contributed by atoms with E-state index in [1.807, 2.05) is 17.0 Å². The van der Waals surface area contributed by atoms with Gasteiger partial charge in [-0.05, 0) is 61.5 Å². The van der Waals surface area contributed by atoms with Crippen LogP contribution in [0.1, 0.15) is 35.1 Å². The van der Waals surface area contributed by atoms with E-state index < -0.39 is 0 Å². The van der Waals surface area contributed by atoms with Gasteiger partial charge in [-0.15, -0.1) is 11.3 Å².